The van der Waals surface area contributed by atoms with Crippen molar-refractivity contribution < 1.29 is 13.2 Å². The van der Waals surface area contributed by atoms with Crippen molar-refractivity contribution in [3.8, 4) is 11.3 Å². The minimum atomic E-state index is -4.34. The van der Waals surface area contributed by atoms with Gasteiger partial charge in [-0.25, -0.2) is 4.98 Å². The number of thiazole rings is 1. The van der Waals surface area contributed by atoms with Crippen LogP contribution in [0.3, 0.4) is 0 Å². The van der Waals surface area contributed by atoms with Gasteiger partial charge in [-0.05, 0) is 25.0 Å². The van der Waals surface area contributed by atoms with Gasteiger partial charge in [-0.2, -0.15) is 13.2 Å². The molecule has 0 atom stereocenters. The largest absolute Gasteiger partial charge is 0.418 e. The molecule has 1 aliphatic heterocycles. The van der Waals surface area contributed by atoms with Gasteiger partial charge in [0.05, 0.1) is 16.8 Å². The SMILES string of the molecule is FC(F)(F)c1cc(-c2cscn2)ccc1N1CCCC1. The highest BCUT2D eigenvalue weighted by Gasteiger charge is 2.35. The summed E-state index contributed by atoms with van der Waals surface area (Å²) in [5, 5.41) is 1.75. The molecule has 106 valence electrons. The molecule has 1 aromatic carbocycles. The van der Waals surface area contributed by atoms with E-state index < -0.39 is 11.7 Å². The summed E-state index contributed by atoms with van der Waals surface area (Å²) in [5.74, 6) is 0. The summed E-state index contributed by atoms with van der Waals surface area (Å²) in [6.45, 7) is 1.39. The van der Waals surface area contributed by atoms with Gasteiger partial charge in [-0.3, -0.25) is 0 Å². The van der Waals surface area contributed by atoms with Crippen molar-refractivity contribution >= 4 is 17.0 Å². The van der Waals surface area contributed by atoms with Crippen molar-refractivity contribution in [2.75, 3.05) is 18.0 Å². The maximum Gasteiger partial charge on any atom is 0.418 e. The van der Waals surface area contributed by atoms with Gasteiger partial charge in [0.2, 0.25) is 0 Å². The van der Waals surface area contributed by atoms with E-state index in [4.69, 9.17) is 0 Å². The van der Waals surface area contributed by atoms with Crippen molar-refractivity contribution in [2.24, 2.45) is 0 Å². The van der Waals surface area contributed by atoms with E-state index >= 15 is 0 Å². The average Bonchev–Trinajstić information content (AvgIpc) is 3.10. The number of benzene rings is 1. The Morgan fingerprint density at radius 3 is 2.50 bits per heavy atom. The second kappa shape index (κ2) is 5.09. The lowest BCUT2D eigenvalue weighted by atomic mass is 10.1. The molecule has 6 heteroatoms. The molecular formula is C14H13F3N2S. The highest BCUT2D eigenvalue weighted by atomic mass is 32.1. The fraction of sp³-hybridized carbons (Fsp3) is 0.357. The third kappa shape index (κ3) is 2.52. The zero-order valence-electron chi connectivity index (χ0n) is 10.7. The van der Waals surface area contributed by atoms with Crippen LogP contribution in [0.1, 0.15) is 18.4 Å². The first-order valence-electron chi connectivity index (χ1n) is 6.40. The summed E-state index contributed by atoms with van der Waals surface area (Å²) in [6, 6.07) is 4.50. The van der Waals surface area contributed by atoms with Gasteiger partial charge in [0, 0.05) is 29.7 Å². The predicted octanol–water partition coefficient (Wildman–Crippen LogP) is 4.43. The van der Waals surface area contributed by atoms with E-state index in [1.807, 2.05) is 4.90 Å². The molecule has 2 nitrogen and oxygen atoms in total. The van der Waals surface area contributed by atoms with Crippen molar-refractivity contribution in [3.63, 3.8) is 0 Å². The first-order valence-corrected chi connectivity index (χ1v) is 7.35. The Morgan fingerprint density at radius 1 is 1.15 bits per heavy atom. The quantitative estimate of drug-likeness (QED) is 0.815. The van der Waals surface area contributed by atoms with Crippen LogP contribution in [0.4, 0.5) is 18.9 Å². The van der Waals surface area contributed by atoms with E-state index in [-0.39, 0.29) is 5.69 Å². The Bertz CT molecular complexity index is 587. The number of anilines is 1. The molecular weight excluding hydrogens is 285 g/mol. The van der Waals surface area contributed by atoms with E-state index in [1.165, 1.54) is 17.4 Å². The molecule has 0 radical (unpaired) electrons. The number of nitrogens with zero attached hydrogens (tertiary/aromatic N) is 2. The van der Waals surface area contributed by atoms with Gasteiger partial charge in [0.15, 0.2) is 0 Å². The lowest BCUT2D eigenvalue weighted by Crippen LogP contribution is -2.22. The number of hydrogen-bond acceptors (Lipinski definition) is 3. The number of rotatable bonds is 2. The molecule has 0 N–H and O–H groups in total. The summed E-state index contributed by atoms with van der Waals surface area (Å²) in [5.41, 5.74) is 2.45. The fourth-order valence-electron chi connectivity index (χ4n) is 2.51. The monoisotopic (exact) mass is 298 g/mol. The van der Waals surface area contributed by atoms with Crippen LogP contribution < -0.4 is 4.90 Å². The van der Waals surface area contributed by atoms with Gasteiger partial charge in [0.25, 0.3) is 0 Å². The predicted molar refractivity (Wildman–Crippen MR) is 74.0 cm³/mol. The molecule has 1 saturated heterocycles. The molecule has 2 heterocycles. The molecule has 1 aromatic heterocycles. The van der Waals surface area contributed by atoms with Crippen LogP contribution in [0.15, 0.2) is 29.1 Å². The second-order valence-corrected chi connectivity index (χ2v) is 5.52. The Morgan fingerprint density at radius 2 is 1.90 bits per heavy atom. The van der Waals surface area contributed by atoms with Crippen LogP contribution in [-0.2, 0) is 6.18 Å². The maximum absolute atomic E-state index is 13.3. The highest BCUT2D eigenvalue weighted by molar-refractivity contribution is 7.07. The maximum atomic E-state index is 13.3. The summed E-state index contributed by atoms with van der Waals surface area (Å²) in [4.78, 5) is 5.89. The van der Waals surface area contributed by atoms with E-state index in [1.54, 1.807) is 23.0 Å². The fourth-order valence-corrected chi connectivity index (χ4v) is 3.07. The smallest absolute Gasteiger partial charge is 0.371 e. The van der Waals surface area contributed by atoms with E-state index in [0.717, 1.165) is 12.8 Å². The molecule has 0 bridgehead atoms. The molecule has 3 rings (SSSR count). The Balaban J connectivity index is 2.07. The number of aromatic nitrogens is 1. The second-order valence-electron chi connectivity index (χ2n) is 4.80. The third-order valence-corrected chi connectivity index (χ3v) is 4.06. The van der Waals surface area contributed by atoms with Gasteiger partial charge >= 0.3 is 6.18 Å². The average molecular weight is 298 g/mol. The van der Waals surface area contributed by atoms with Crippen LogP contribution >= 0.6 is 11.3 Å². The molecule has 1 fully saturated rings. The number of halogens is 3. The van der Waals surface area contributed by atoms with E-state index in [0.29, 0.717) is 24.3 Å². The van der Waals surface area contributed by atoms with Crippen molar-refractivity contribution in [2.45, 2.75) is 19.0 Å². The minimum Gasteiger partial charge on any atom is -0.371 e. The molecule has 0 amide bonds. The molecule has 20 heavy (non-hydrogen) atoms. The molecule has 2 aromatic rings. The number of alkyl halides is 3. The van der Waals surface area contributed by atoms with Crippen molar-refractivity contribution in [1.82, 2.24) is 4.98 Å². The highest BCUT2D eigenvalue weighted by Crippen LogP contribution is 2.40. The van der Waals surface area contributed by atoms with Crippen LogP contribution in [0, 0.1) is 0 Å². The van der Waals surface area contributed by atoms with E-state index in [2.05, 4.69) is 4.98 Å². The van der Waals surface area contributed by atoms with Crippen molar-refractivity contribution in [1.29, 1.82) is 0 Å². The standard InChI is InChI=1S/C14H13F3N2S/c15-14(16,17)11-7-10(12-8-20-9-18-12)3-4-13(11)19-5-1-2-6-19/h3-4,7-9H,1-2,5-6H2. The Labute approximate surface area is 118 Å². The molecule has 1 aliphatic rings. The number of hydrogen-bond donors (Lipinski definition) is 0. The van der Waals surface area contributed by atoms with Crippen LogP contribution in [-0.4, -0.2) is 18.1 Å². The van der Waals surface area contributed by atoms with Gasteiger partial charge < -0.3 is 4.90 Å². The topological polar surface area (TPSA) is 16.1 Å². The lowest BCUT2D eigenvalue weighted by molar-refractivity contribution is -0.137. The zero-order chi connectivity index (χ0) is 14.2. The minimum absolute atomic E-state index is 0.286. The van der Waals surface area contributed by atoms with E-state index in [9.17, 15) is 13.2 Å². The Kier molecular flexibility index (Phi) is 3.41. The Hall–Kier alpha value is -1.56. The first kappa shape index (κ1) is 13.4. The molecule has 0 spiro atoms. The first-order chi connectivity index (χ1) is 9.55. The third-order valence-electron chi connectivity index (χ3n) is 3.48. The summed E-state index contributed by atoms with van der Waals surface area (Å²) < 4.78 is 39.8. The zero-order valence-corrected chi connectivity index (χ0v) is 11.5. The summed E-state index contributed by atoms with van der Waals surface area (Å²) in [7, 11) is 0. The van der Waals surface area contributed by atoms with Gasteiger partial charge in [-0.15, -0.1) is 11.3 Å². The summed E-state index contributed by atoms with van der Waals surface area (Å²) >= 11 is 1.37. The normalized spacial score (nSPS) is 15.8. The van der Waals surface area contributed by atoms with Gasteiger partial charge in [0.1, 0.15) is 0 Å². The molecule has 0 aliphatic carbocycles. The van der Waals surface area contributed by atoms with Crippen molar-refractivity contribution in [3.05, 3.63) is 34.7 Å². The molecule has 0 saturated carbocycles. The van der Waals surface area contributed by atoms with Crippen LogP contribution in [0.2, 0.25) is 0 Å². The lowest BCUT2D eigenvalue weighted by Gasteiger charge is -2.23. The van der Waals surface area contributed by atoms with Crippen LogP contribution in [0.5, 0.6) is 0 Å². The summed E-state index contributed by atoms with van der Waals surface area (Å²) in [6.07, 6.45) is -2.44. The molecule has 0 unspecified atom stereocenters. The van der Waals surface area contributed by atoms with Crippen LogP contribution in [0.25, 0.3) is 11.3 Å². The van der Waals surface area contributed by atoms with Gasteiger partial charge in [-0.1, -0.05) is 6.07 Å².